The van der Waals surface area contributed by atoms with E-state index in [-0.39, 0.29) is 17.8 Å². The first-order chi connectivity index (χ1) is 13.6. The summed E-state index contributed by atoms with van der Waals surface area (Å²) in [6.07, 6.45) is 5.02. The fourth-order valence-corrected chi connectivity index (χ4v) is 4.03. The Morgan fingerprint density at radius 2 is 1.79 bits per heavy atom. The maximum Gasteiger partial charge on any atom is 0.332 e. The highest BCUT2D eigenvalue weighted by atomic mass is 16.2. The molecule has 0 amide bonds. The molecule has 1 aromatic carbocycles. The average Bonchev–Trinajstić information content (AvgIpc) is 2.96. The smallest absolute Gasteiger partial charge is 0.332 e. The number of fused-ring (bicyclic) bond motifs is 2. The van der Waals surface area contributed by atoms with Crippen molar-refractivity contribution in [2.45, 2.75) is 44.8 Å². The molecule has 1 N–H and O–H groups in total. The Labute approximate surface area is 162 Å². The van der Waals surface area contributed by atoms with Crippen molar-refractivity contribution >= 4 is 28.0 Å². The molecule has 1 saturated carbocycles. The number of benzene rings is 1. The van der Waals surface area contributed by atoms with E-state index < -0.39 is 0 Å². The van der Waals surface area contributed by atoms with E-state index in [9.17, 15) is 4.79 Å². The number of nitrogens with one attached hydrogen (secondary N) is 1. The van der Waals surface area contributed by atoms with E-state index in [1.807, 2.05) is 42.7 Å². The molecule has 3 aromatic heterocycles. The molecule has 5 rings (SSSR count). The molecule has 0 atom stereocenters. The van der Waals surface area contributed by atoms with Crippen LogP contribution in [0.4, 0.5) is 5.82 Å². The second kappa shape index (κ2) is 6.44. The van der Waals surface area contributed by atoms with Gasteiger partial charge in [-0.15, -0.1) is 0 Å². The van der Waals surface area contributed by atoms with Crippen molar-refractivity contribution in [2.75, 3.05) is 5.32 Å². The summed E-state index contributed by atoms with van der Waals surface area (Å²) in [6, 6.07) is 12.6. The summed E-state index contributed by atoms with van der Waals surface area (Å²) in [7, 11) is 0. The molecule has 142 valence electrons. The second-order valence-corrected chi connectivity index (χ2v) is 7.68. The molecule has 0 unspecified atom stereocenters. The molecule has 7 nitrogen and oxygen atoms in total. The maximum absolute atomic E-state index is 13.0. The molecular weight excluding hydrogens is 352 g/mol. The molecule has 0 spiro atoms. The van der Waals surface area contributed by atoms with Gasteiger partial charge in [0.2, 0.25) is 0 Å². The Bertz CT molecular complexity index is 1220. The third kappa shape index (κ3) is 2.66. The van der Waals surface area contributed by atoms with Crippen LogP contribution < -0.4 is 11.0 Å². The minimum atomic E-state index is -0.0246. The lowest BCUT2D eigenvalue weighted by Crippen LogP contribution is -2.41. The van der Waals surface area contributed by atoms with E-state index in [0.29, 0.717) is 17.3 Å². The quantitative estimate of drug-likeness (QED) is 0.591. The van der Waals surface area contributed by atoms with Gasteiger partial charge in [-0.2, -0.15) is 0 Å². The van der Waals surface area contributed by atoms with Crippen molar-refractivity contribution in [1.29, 1.82) is 0 Å². The van der Waals surface area contributed by atoms with Crippen LogP contribution in [0.5, 0.6) is 0 Å². The van der Waals surface area contributed by atoms with Crippen LogP contribution in [-0.2, 0) is 0 Å². The molecule has 28 heavy (non-hydrogen) atoms. The number of hydrogen-bond donors (Lipinski definition) is 1. The second-order valence-electron chi connectivity index (χ2n) is 7.68. The van der Waals surface area contributed by atoms with Crippen LogP contribution in [0.15, 0.2) is 53.6 Å². The Balaban J connectivity index is 1.38. The molecule has 0 aliphatic heterocycles. The Morgan fingerprint density at radius 3 is 2.57 bits per heavy atom. The lowest BCUT2D eigenvalue weighted by atomic mass is 9.86. The largest absolute Gasteiger partial charge is 0.367 e. The Hall–Kier alpha value is -3.22. The summed E-state index contributed by atoms with van der Waals surface area (Å²) in [5, 5.41) is 4.63. The monoisotopic (exact) mass is 374 g/mol. The third-order valence-electron chi connectivity index (χ3n) is 5.47. The van der Waals surface area contributed by atoms with Gasteiger partial charge in [-0.25, -0.2) is 19.7 Å². The van der Waals surface area contributed by atoms with Gasteiger partial charge in [0.15, 0.2) is 11.3 Å². The molecule has 0 saturated heterocycles. The molecule has 1 fully saturated rings. The van der Waals surface area contributed by atoms with Crippen molar-refractivity contribution in [3.8, 4) is 0 Å². The summed E-state index contributed by atoms with van der Waals surface area (Å²) >= 11 is 0. The van der Waals surface area contributed by atoms with E-state index >= 15 is 0 Å². The number of imidazole rings is 1. The van der Waals surface area contributed by atoms with E-state index in [4.69, 9.17) is 0 Å². The predicted molar refractivity (Wildman–Crippen MR) is 110 cm³/mol. The molecule has 0 bridgehead atoms. The van der Waals surface area contributed by atoms with E-state index in [1.54, 1.807) is 17.0 Å². The van der Waals surface area contributed by atoms with E-state index in [1.165, 1.54) is 0 Å². The normalized spacial score (nSPS) is 19.2. The van der Waals surface area contributed by atoms with Crippen LogP contribution in [0.3, 0.4) is 0 Å². The van der Waals surface area contributed by atoms with Crippen LogP contribution in [0.25, 0.3) is 22.2 Å². The van der Waals surface area contributed by atoms with Gasteiger partial charge in [-0.1, -0.05) is 18.2 Å². The van der Waals surface area contributed by atoms with Crippen LogP contribution in [0, 0.1) is 0 Å². The number of para-hydroxylation sites is 1. The molecule has 1 aliphatic carbocycles. The summed E-state index contributed by atoms with van der Waals surface area (Å²) in [5.41, 5.74) is 2.29. The molecule has 4 aromatic rings. The van der Waals surface area contributed by atoms with Crippen molar-refractivity contribution in [3.63, 3.8) is 0 Å². The summed E-state index contributed by atoms with van der Waals surface area (Å²) < 4.78 is 3.54. The first kappa shape index (κ1) is 16.9. The standard InChI is InChI=1S/C21H22N6O/c1-13(2)26-19-20(23-10-9-22-19)27(21(26)28)16-11-15(12-16)24-18-8-7-14-5-3-4-6-17(14)25-18/h3-10,13,15-16H,11-12H2,1-2H3,(H,24,25). The fraction of sp³-hybridized carbons (Fsp3) is 0.333. The SMILES string of the molecule is CC(C)n1c(=O)n(C2CC(Nc3ccc4ccccc4n3)C2)c2nccnc21. The summed E-state index contributed by atoms with van der Waals surface area (Å²) in [5.74, 6) is 0.874. The molecule has 3 heterocycles. The van der Waals surface area contributed by atoms with Gasteiger partial charge in [0.25, 0.3) is 0 Å². The van der Waals surface area contributed by atoms with Crippen LogP contribution in [0.1, 0.15) is 38.8 Å². The van der Waals surface area contributed by atoms with Crippen LogP contribution in [0.2, 0.25) is 0 Å². The highest BCUT2D eigenvalue weighted by Crippen LogP contribution is 2.35. The van der Waals surface area contributed by atoms with Gasteiger partial charge in [0.05, 0.1) is 5.52 Å². The van der Waals surface area contributed by atoms with Crippen LogP contribution >= 0.6 is 0 Å². The maximum atomic E-state index is 13.0. The Morgan fingerprint density at radius 1 is 1.04 bits per heavy atom. The van der Waals surface area contributed by atoms with Gasteiger partial charge < -0.3 is 5.32 Å². The van der Waals surface area contributed by atoms with Crippen molar-refractivity contribution < 1.29 is 0 Å². The summed E-state index contributed by atoms with van der Waals surface area (Å²) in [6.45, 7) is 3.99. The van der Waals surface area contributed by atoms with Crippen LogP contribution in [-0.4, -0.2) is 30.1 Å². The van der Waals surface area contributed by atoms with Crippen molar-refractivity contribution in [3.05, 3.63) is 59.3 Å². The number of hydrogen-bond acceptors (Lipinski definition) is 5. The molecule has 0 radical (unpaired) electrons. The van der Waals surface area contributed by atoms with E-state index in [2.05, 4.69) is 32.4 Å². The first-order valence-electron chi connectivity index (χ1n) is 9.67. The number of nitrogens with zero attached hydrogens (tertiary/aromatic N) is 5. The number of rotatable bonds is 4. The average molecular weight is 374 g/mol. The first-order valence-corrected chi connectivity index (χ1v) is 9.67. The zero-order valence-electron chi connectivity index (χ0n) is 15.9. The lowest BCUT2D eigenvalue weighted by molar-refractivity contribution is 0.278. The number of pyridine rings is 1. The predicted octanol–water partition coefficient (Wildman–Crippen LogP) is 3.54. The van der Waals surface area contributed by atoms with Crippen molar-refractivity contribution in [2.24, 2.45) is 0 Å². The van der Waals surface area contributed by atoms with Gasteiger partial charge >= 0.3 is 5.69 Å². The molecular formula is C21H22N6O. The topological polar surface area (TPSA) is 77.6 Å². The van der Waals surface area contributed by atoms with Gasteiger partial charge in [0.1, 0.15) is 5.82 Å². The van der Waals surface area contributed by atoms with Crippen molar-refractivity contribution in [1.82, 2.24) is 24.1 Å². The number of anilines is 1. The zero-order valence-corrected chi connectivity index (χ0v) is 15.9. The van der Waals surface area contributed by atoms with Gasteiger partial charge in [-0.3, -0.25) is 9.13 Å². The molecule has 1 aliphatic rings. The van der Waals surface area contributed by atoms with Gasteiger partial charge in [-0.05, 0) is 44.9 Å². The molecule has 7 heteroatoms. The minimum absolute atomic E-state index is 0.0246. The third-order valence-corrected chi connectivity index (χ3v) is 5.47. The highest BCUT2D eigenvalue weighted by Gasteiger charge is 2.34. The van der Waals surface area contributed by atoms with E-state index in [0.717, 1.165) is 29.6 Å². The highest BCUT2D eigenvalue weighted by molar-refractivity contribution is 5.80. The minimum Gasteiger partial charge on any atom is -0.367 e. The van der Waals surface area contributed by atoms with Gasteiger partial charge in [0, 0.05) is 35.9 Å². The lowest BCUT2D eigenvalue weighted by Gasteiger charge is -2.36. The fourth-order valence-electron chi connectivity index (χ4n) is 4.03. The number of aromatic nitrogens is 5. The summed E-state index contributed by atoms with van der Waals surface area (Å²) in [4.78, 5) is 26.5. The Kier molecular flexibility index (Phi) is 3.89. The zero-order chi connectivity index (χ0) is 19.3.